The van der Waals surface area contributed by atoms with Gasteiger partial charge in [-0.1, -0.05) is 48.2 Å². The summed E-state index contributed by atoms with van der Waals surface area (Å²) in [6, 6.07) is 17.6. The first-order valence-corrected chi connectivity index (χ1v) is 7.67. The van der Waals surface area contributed by atoms with Gasteiger partial charge in [0.05, 0.1) is 0 Å². The lowest BCUT2D eigenvalue weighted by molar-refractivity contribution is 0.341. The third-order valence-corrected chi connectivity index (χ3v) is 4.93. The monoisotopic (exact) mass is 269 g/mol. The second-order valence-electron chi connectivity index (χ2n) is 5.12. The third-order valence-electron chi connectivity index (χ3n) is 3.69. The minimum Gasteiger partial charge on any atom is -0.306 e. The Kier molecular flexibility index (Phi) is 3.90. The molecule has 1 aliphatic heterocycles. The Morgan fingerprint density at radius 2 is 1.26 bits per heavy atom. The fourth-order valence-corrected chi connectivity index (χ4v) is 3.61. The quantitative estimate of drug-likeness (QED) is 0.714. The fraction of sp³-hybridized carbons (Fsp3) is 0.294. The van der Waals surface area contributed by atoms with Crippen LogP contribution in [0.1, 0.15) is 11.1 Å². The molecule has 1 aliphatic rings. The maximum atomic E-state index is 2.43. The Bertz CT molecular complexity index is 515. The van der Waals surface area contributed by atoms with E-state index in [2.05, 4.69) is 60.5 Å². The largest absolute Gasteiger partial charge is 0.306 e. The molecule has 0 atom stereocenters. The highest BCUT2D eigenvalue weighted by atomic mass is 32.2. The van der Waals surface area contributed by atoms with E-state index >= 15 is 0 Å². The van der Waals surface area contributed by atoms with Gasteiger partial charge in [-0.3, -0.25) is 0 Å². The molecule has 0 aromatic heterocycles. The minimum absolute atomic E-state index is 1.14. The number of nitrogens with zero attached hydrogens (tertiary/aromatic N) is 1. The molecule has 0 amide bonds. The first-order valence-electron chi connectivity index (χ1n) is 6.85. The van der Waals surface area contributed by atoms with Crippen LogP contribution in [-0.4, -0.2) is 25.0 Å². The van der Waals surface area contributed by atoms with E-state index in [-0.39, 0.29) is 0 Å². The van der Waals surface area contributed by atoms with E-state index in [1.54, 1.807) is 0 Å². The summed E-state index contributed by atoms with van der Waals surface area (Å²) in [4.78, 5) is 5.25. The zero-order chi connectivity index (χ0) is 13.1. The van der Waals surface area contributed by atoms with Crippen molar-refractivity contribution in [2.45, 2.75) is 22.6 Å². The van der Waals surface area contributed by atoms with Crippen molar-refractivity contribution in [3.63, 3.8) is 0 Å². The lowest BCUT2D eigenvalue weighted by atomic mass is 10.1. The molecule has 19 heavy (non-hydrogen) atoms. The SMILES string of the molecule is CN1CCc2ccccc2Sc2ccccc2CC1. The van der Waals surface area contributed by atoms with Gasteiger partial charge >= 0.3 is 0 Å². The summed E-state index contributed by atoms with van der Waals surface area (Å²) < 4.78 is 0. The Morgan fingerprint density at radius 1 is 0.789 bits per heavy atom. The van der Waals surface area contributed by atoms with Crippen LogP contribution in [-0.2, 0) is 12.8 Å². The highest BCUT2D eigenvalue weighted by molar-refractivity contribution is 7.99. The lowest BCUT2D eigenvalue weighted by Crippen LogP contribution is -2.24. The second kappa shape index (κ2) is 5.81. The summed E-state index contributed by atoms with van der Waals surface area (Å²) in [5, 5.41) is 0. The van der Waals surface area contributed by atoms with E-state index in [9.17, 15) is 0 Å². The number of rotatable bonds is 0. The summed E-state index contributed by atoms with van der Waals surface area (Å²) >= 11 is 1.92. The molecular formula is C17H19NS. The van der Waals surface area contributed by atoms with Crippen molar-refractivity contribution in [3.8, 4) is 0 Å². The molecule has 0 spiro atoms. The Hall–Kier alpha value is -1.25. The Labute approximate surface area is 119 Å². The summed E-state index contributed by atoms with van der Waals surface area (Å²) in [6.45, 7) is 2.28. The second-order valence-corrected chi connectivity index (χ2v) is 6.20. The molecule has 0 fully saturated rings. The fourth-order valence-electron chi connectivity index (χ4n) is 2.47. The van der Waals surface area contributed by atoms with Crippen LogP contribution in [0.15, 0.2) is 58.3 Å². The molecular weight excluding hydrogens is 250 g/mol. The molecule has 98 valence electrons. The summed E-state index contributed by atoms with van der Waals surface area (Å²) in [6.07, 6.45) is 2.28. The van der Waals surface area contributed by atoms with Gasteiger partial charge in [0.1, 0.15) is 0 Å². The highest BCUT2D eigenvalue weighted by Gasteiger charge is 2.11. The molecule has 0 bridgehead atoms. The van der Waals surface area contributed by atoms with Gasteiger partial charge in [0.2, 0.25) is 0 Å². The Morgan fingerprint density at radius 3 is 1.79 bits per heavy atom. The molecule has 3 rings (SSSR count). The van der Waals surface area contributed by atoms with Crippen LogP contribution < -0.4 is 0 Å². The Balaban J connectivity index is 2.01. The van der Waals surface area contributed by atoms with Gasteiger partial charge in [-0.25, -0.2) is 0 Å². The average Bonchev–Trinajstić information content (AvgIpc) is 2.45. The van der Waals surface area contributed by atoms with Crippen molar-refractivity contribution in [1.82, 2.24) is 4.90 Å². The maximum absolute atomic E-state index is 2.43. The van der Waals surface area contributed by atoms with Gasteiger partial charge in [0, 0.05) is 22.9 Å². The van der Waals surface area contributed by atoms with E-state index in [0.29, 0.717) is 0 Å². The van der Waals surface area contributed by atoms with Crippen LogP contribution in [0.3, 0.4) is 0 Å². The molecule has 0 N–H and O–H groups in total. The molecule has 0 radical (unpaired) electrons. The first-order chi connectivity index (χ1) is 9.33. The van der Waals surface area contributed by atoms with Gasteiger partial charge in [0.25, 0.3) is 0 Å². The molecule has 2 heteroatoms. The molecule has 2 aromatic rings. The van der Waals surface area contributed by atoms with Crippen LogP contribution >= 0.6 is 11.8 Å². The van der Waals surface area contributed by atoms with E-state index in [4.69, 9.17) is 0 Å². The van der Waals surface area contributed by atoms with Gasteiger partial charge in [-0.2, -0.15) is 0 Å². The van der Waals surface area contributed by atoms with Crippen molar-refractivity contribution in [1.29, 1.82) is 0 Å². The van der Waals surface area contributed by atoms with Gasteiger partial charge in [0.15, 0.2) is 0 Å². The van der Waals surface area contributed by atoms with E-state index in [1.807, 2.05) is 11.8 Å². The van der Waals surface area contributed by atoms with Gasteiger partial charge in [-0.15, -0.1) is 0 Å². The maximum Gasteiger partial charge on any atom is 0.0154 e. The van der Waals surface area contributed by atoms with Gasteiger partial charge in [-0.05, 0) is 43.1 Å². The molecule has 0 saturated heterocycles. The van der Waals surface area contributed by atoms with Crippen LogP contribution in [0.5, 0.6) is 0 Å². The van der Waals surface area contributed by atoms with Crippen LogP contribution in [0.4, 0.5) is 0 Å². The highest BCUT2D eigenvalue weighted by Crippen LogP contribution is 2.33. The van der Waals surface area contributed by atoms with E-state index < -0.39 is 0 Å². The van der Waals surface area contributed by atoms with E-state index in [1.165, 1.54) is 20.9 Å². The number of likely N-dealkylation sites (N-methyl/N-ethyl adjacent to an activating group) is 1. The van der Waals surface area contributed by atoms with Crippen LogP contribution in [0.25, 0.3) is 0 Å². The summed E-state index contributed by atoms with van der Waals surface area (Å²) in [5.41, 5.74) is 2.94. The van der Waals surface area contributed by atoms with Crippen molar-refractivity contribution in [2.24, 2.45) is 0 Å². The van der Waals surface area contributed by atoms with Gasteiger partial charge < -0.3 is 4.90 Å². The van der Waals surface area contributed by atoms with Crippen molar-refractivity contribution in [3.05, 3.63) is 59.7 Å². The molecule has 0 aliphatic carbocycles. The minimum atomic E-state index is 1.14. The van der Waals surface area contributed by atoms with E-state index in [0.717, 1.165) is 25.9 Å². The summed E-state index contributed by atoms with van der Waals surface area (Å²) in [5.74, 6) is 0. The third kappa shape index (κ3) is 3.02. The molecule has 1 heterocycles. The number of hydrogen-bond acceptors (Lipinski definition) is 2. The zero-order valence-corrected chi connectivity index (χ0v) is 12.1. The lowest BCUT2D eigenvalue weighted by Gasteiger charge is -2.21. The number of hydrogen-bond donors (Lipinski definition) is 0. The molecule has 0 unspecified atom stereocenters. The standard InChI is InChI=1S/C17H19NS/c1-18-12-10-14-6-2-4-8-16(14)19-17-9-5-3-7-15(17)11-13-18/h2-9H,10-13H2,1H3. The van der Waals surface area contributed by atoms with Crippen molar-refractivity contribution < 1.29 is 0 Å². The van der Waals surface area contributed by atoms with Crippen LogP contribution in [0, 0.1) is 0 Å². The first kappa shape index (κ1) is 12.8. The number of fused-ring (bicyclic) bond motifs is 2. The predicted molar refractivity (Wildman–Crippen MR) is 81.9 cm³/mol. The average molecular weight is 269 g/mol. The normalized spacial score (nSPS) is 16.5. The van der Waals surface area contributed by atoms with Crippen LogP contribution in [0.2, 0.25) is 0 Å². The van der Waals surface area contributed by atoms with Crippen molar-refractivity contribution >= 4 is 11.8 Å². The summed E-state index contributed by atoms with van der Waals surface area (Å²) in [7, 11) is 2.22. The number of benzene rings is 2. The molecule has 0 saturated carbocycles. The predicted octanol–water partition coefficient (Wildman–Crippen LogP) is 3.87. The molecule has 2 aromatic carbocycles. The molecule has 1 nitrogen and oxygen atoms in total. The smallest absolute Gasteiger partial charge is 0.0154 e. The topological polar surface area (TPSA) is 3.24 Å². The zero-order valence-electron chi connectivity index (χ0n) is 11.3. The van der Waals surface area contributed by atoms with Crippen molar-refractivity contribution in [2.75, 3.05) is 20.1 Å².